The van der Waals surface area contributed by atoms with Crippen LogP contribution in [0.25, 0.3) is 0 Å². The molecule has 0 amide bonds. The molecule has 0 aliphatic rings. The molecule has 0 saturated carbocycles. The Kier molecular flexibility index (Phi) is 5.08. The molecule has 5 nitrogen and oxygen atoms in total. The molecule has 1 heterocycles. The van der Waals surface area contributed by atoms with Gasteiger partial charge >= 0.3 is 0 Å². The Morgan fingerprint density at radius 2 is 2.19 bits per heavy atom. The second-order valence-corrected chi connectivity index (χ2v) is 7.60. The zero-order valence-electron chi connectivity index (χ0n) is 11.6. The Bertz CT molecular complexity index is 729. The Labute approximate surface area is 133 Å². The number of alkyl halides is 1. The maximum Gasteiger partial charge on any atom is 0.273 e. The Hall–Kier alpha value is -1.31. The third kappa shape index (κ3) is 3.87. The molecule has 21 heavy (non-hydrogen) atoms. The van der Waals surface area contributed by atoms with Crippen molar-refractivity contribution in [2.75, 3.05) is 11.3 Å². The molecule has 1 aromatic carbocycles. The van der Waals surface area contributed by atoms with E-state index in [0.29, 0.717) is 23.1 Å². The molecule has 2 rings (SSSR count). The number of rotatable bonds is 6. The largest absolute Gasteiger partial charge is 0.494 e. The van der Waals surface area contributed by atoms with Crippen LogP contribution >= 0.6 is 22.9 Å². The number of nitrogens with one attached hydrogen (secondary N) is 1. The van der Waals surface area contributed by atoms with Crippen LogP contribution in [0.2, 0.25) is 0 Å². The quantitative estimate of drug-likeness (QED) is 0.814. The lowest BCUT2D eigenvalue weighted by molar-refractivity contribution is 0.337. The average molecular weight is 347 g/mol. The summed E-state index contributed by atoms with van der Waals surface area (Å²) in [5.74, 6) is 0.897. The molecule has 1 aromatic heterocycles. The Balaban J connectivity index is 2.27. The molecule has 1 N–H and O–H groups in total. The van der Waals surface area contributed by atoms with E-state index in [9.17, 15) is 8.42 Å². The summed E-state index contributed by atoms with van der Waals surface area (Å²) in [5, 5.41) is 0.698. The van der Waals surface area contributed by atoms with E-state index in [1.807, 2.05) is 6.92 Å². The zero-order chi connectivity index (χ0) is 15.5. The molecule has 0 fully saturated rings. The van der Waals surface area contributed by atoms with Crippen molar-refractivity contribution in [1.82, 2.24) is 4.98 Å². The molecule has 2 aromatic rings. The number of hydrogen-bond acceptors (Lipinski definition) is 5. The van der Waals surface area contributed by atoms with Crippen molar-refractivity contribution in [2.45, 2.75) is 23.9 Å². The molecule has 8 heteroatoms. The van der Waals surface area contributed by atoms with Crippen molar-refractivity contribution in [3.8, 4) is 5.75 Å². The van der Waals surface area contributed by atoms with Gasteiger partial charge in [-0.25, -0.2) is 13.4 Å². The predicted octanol–water partition coefficient (Wildman–Crippen LogP) is 3.39. The number of thiazole rings is 1. The fraction of sp³-hybridized carbons (Fsp3) is 0.308. The summed E-state index contributed by atoms with van der Waals surface area (Å²) in [6.07, 6.45) is 1.35. The number of anilines is 1. The monoisotopic (exact) mass is 346 g/mol. The first-order valence-corrected chi connectivity index (χ1v) is 9.06. The van der Waals surface area contributed by atoms with Crippen molar-refractivity contribution < 1.29 is 13.2 Å². The highest BCUT2D eigenvalue weighted by atomic mass is 35.5. The fourth-order valence-electron chi connectivity index (χ4n) is 1.72. The smallest absolute Gasteiger partial charge is 0.273 e. The van der Waals surface area contributed by atoms with Crippen LogP contribution in [0.5, 0.6) is 5.75 Å². The molecular weight excluding hydrogens is 332 g/mol. The minimum Gasteiger partial charge on any atom is -0.494 e. The van der Waals surface area contributed by atoms with Crippen LogP contribution in [0.1, 0.15) is 17.5 Å². The molecule has 0 radical (unpaired) electrons. The first kappa shape index (κ1) is 16.1. The fourth-order valence-corrected chi connectivity index (χ4v) is 4.08. The van der Waals surface area contributed by atoms with Gasteiger partial charge in [-0.15, -0.1) is 22.9 Å². The van der Waals surface area contributed by atoms with Gasteiger partial charge in [0.25, 0.3) is 10.0 Å². The van der Waals surface area contributed by atoms with Crippen LogP contribution < -0.4 is 9.46 Å². The van der Waals surface area contributed by atoms with Crippen LogP contribution in [0.4, 0.5) is 5.69 Å². The van der Waals surface area contributed by atoms with Gasteiger partial charge in [-0.2, -0.15) is 0 Å². The summed E-state index contributed by atoms with van der Waals surface area (Å²) in [7, 11) is -3.62. The molecule has 0 bridgehead atoms. The Morgan fingerprint density at radius 1 is 1.43 bits per heavy atom. The van der Waals surface area contributed by atoms with Gasteiger partial charge < -0.3 is 4.74 Å². The lowest BCUT2D eigenvalue weighted by Crippen LogP contribution is -2.11. The first-order chi connectivity index (χ1) is 9.96. The van der Waals surface area contributed by atoms with Crippen molar-refractivity contribution >= 4 is 38.6 Å². The number of sulfonamides is 1. The van der Waals surface area contributed by atoms with Gasteiger partial charge in [-0.3, -0.25) is 4.72 Å². The van der Waals surface area contributed by atoms with Crippen LogP contribution in [-0.2, 0) is 15.9 Å². The van der Waals surface area contributed by atoms with E-state index in [1.165, 1.54) is 6.20 Å². The highest BCUT2D eigenvalue weighted by Gasteiger charge is 2.17. The number of benzene rings is 1. The van der Waals surface area contributed by atoms with Crippen molar-refractivity contribution in [3.63, 3.8) is 0 Å². The molecule has 0 atom stereocenters. The minimum atomic E-state index is -3.62. The number of aryl methyl sites for hydroxylation is 1. The molecule has 0 aliphatic carbocycles. The van der Waals surface area contributed by atoms with E-state index in [-0.39, 0.29) is 10.1 Å². The summed E-state index contributed by atoms with van der Waals surface area (Å²) in [6.45, 7) is 4.15. The van der Waals surface area contributed by atoms with E-state index in [4.69, 9.17) is 16.3 Å². The molecule has 0 aliphatic heterocycles. The van der Waals surface area contributed by atoms with Crippen molar-refractivity contribution in [1.29, 1.82) is 0 Å². The molecule has 0 unspecified atom stereocenters. The first-order valence-electron chi connectivity index (χ1n) is 6.23. The van der Waals surface area contributed by atoms with Gasteiger partial charge in [-0.05, 0) is 32.0 Å². The molecule has 0 spiro atoms. The van der Waals surface area contributed by atoms with Gasteiger partial charge in [0.1, 0.15) is 5.75 Å². The van der Waals surface area contributed by atoms with Gasteiger partial charge in [0.2, 0.25) is 0 Å². The number of aromatic nitrogens is 1. The summed E-state index contributed by atoms with van der Waals surface area (Å²) in [6, 6.07) is 5.02. The second kappa shape index (κ2) is 6.64. The average Bonchev–Trinajstić information content (AvgIpc) is 2.88. The standard InChI is InChI=1S/C13H15ClN2O3S2/c1-3-19-12-5-4-11(6-10(12)7-14)16-21(17,18)13-8-15-9(2)20-13/h4-6,8,16H,3,7H2,1-2H3. The van der Waals surface area contributed by atoms with E-state index >= 15 is 0 Å². The number of nitrogens with zero attached hydrogens (tertiary/aromatic N) is 1. The molecule has 0 saturated heterocycles. The highest BCUT2D eigenvalue weighted by molar-refractivity contribution is 7.94. The molecule has 114 valence electrons. The van der Waals surface area contributed by atoms with Crippen molar-refractivity contribution in [3.05, 3.63) is 35.0 Å². The third-order valence-corrected chi connectivity index (χ3v) is 5.66. The van der Waals surface area contributed by atoms with Gasteiger partial charge in [0, 0.05) is 11.3 Å². The normalized spacial score (nSPS) is 11.4. The SMILES string of the molecule is CCOc1ccc(NS(=O)(=O)c2cnc(C)s2)cc1CCl. The summed E-state index contributed by atoms with van der Waals surface area (Å²) in [4.78, 5) is 3.95. The summed E-state index contributed by atoms with van der Waals surface area (Å²) in [5.41, 5.74) is 1.18. The maximum atomic E-state index is 12.2. The third-order valence-electron chi connectivity index (χ3n) is 2.62. The van der Waals surface area contributed by atoms with Gasteiger partial charge in [-0.1, -0.05) is 0 Å². The van der Waals surface area contributed by atoms with Gasteiger partial charge in [0.15, 0.2) is 4.21 Å². The van der Waals surface area contributed by atoms with E-state index in [1.54, 1.807) is 25.1 Å². The Morgan fingerprint density at radius 3 is 2.76 bits per heavy atom. The highest BCUT2D eigenvalue weighted by Crippen LogP contribution is 2.27. The summed E-state index contributed by atoms with van der Waals surface area (Å²) < 4.78 is 32.6. The maximum absolute atomic E-state index is 12.2. The van der Waals surface area contributed by atoms with Gasteiger partial charge in [0.05, 0.1) is 23.7 Å². The minimum absolute atomic E-state index is 0.182. The van der Waals surface area contributed by atoms with E-state index in [0.717, 1.165) is 16.9 Å². The lowest BCUT2D eigenvalue weighted by Gasteiger charge is -2.11. The summed E-state index contributed by atoms with van der Waals surface area (Å²) >= 11 is 6.99. The van der Waals surface area contributed by atoms with Crippen LogP contribution in [0.15, 0.2) is 28.6 Å². The molecular formula is C13H15ClN2O3S2. The number of hydrogen-bond donors (Lipinski definition) is 1. The van der Waals surface area contributed by atoms with Crippen LogP contribution in [0.3, 0.4) is 0 Å². The van der Waals surface area contributed by atoms with E-state index < -0.39 is 10.0 Å². The number of ether oxygens (including phenoxy) is 1. The van der Waals surface area contributed by atoms with Crippen LogP contribution in [-0.4, -0.2) is 20.0 Å². The van der Waals surface area contributed by atoms with Crippen LogP contribution in [0, 0.1) is 6.92 Å². The van der Waals surface area contributed by atoms with Crippen molar-refractivity contribution in [2.24, 2.45) is 0 Å². The van der Waals surface area contributed by atoms with E-state index in [2.05, 4.69) is 9.71 Å². The number of halogens is 1. The topological polar surface area (TPSA) is 68.3 Å². The zero-order valence-corrected chi connectivity index (χ0v) is 14.0. The lowest BCUT2D eigenvalue weighted by atomic mass is 10.2. The predicted molar refractivity (Wildman–Crippen MR) is 84.8 cm³/mol. The second-order valence-electron chi connectivity index (χ2n) is 4.19.